The Morgan fingerprint density at radius 3 is 2.83 bits per heavy atom. The zero-order chi connectivity index (χ0) is 12.5. The Balaban J connectivity index is 2.24. The molecule has 18 heavy (non-hydrogen) atoms. The second-order valence-corrected chi connectivity index (χ2v) is 4.26. The fraction of sp³-hybridized carbons (Fsp3) is 0.0667. The van der Waals surface area contributed by atoms with Crippen LogP contribution in [0.1, 0.15) is 11.1 Å². The van der Waals surface area contributed by atoms with Crippen LogP contribution < -0.4 is 0 Å². The number of fused-ring (bicyclic) bond motifs is 1. The average Bonchev–Trinajstić information content (AvgIpc) is 2.83. The number of rotatable bonds is 1. The molecule has 0 aliphatic rings. The first kappa shape index (κ1) is 10.5. The number of para-hydroxylation sites is 1. The van der Waals surface area contributed by atoms with Gasteiger partial charge in [0.2, 0.25) is 0 Å². The first-order valence-electron chi connectivity index (χ1n) is 5.74. The standard InChI is InChI=1S/C15H11N3/c1-10-6-7-11(8-12(10)9-16)15-13-4-2-3-5-14(13)17-18-15/h2-8H,1H3,(H,17,18). The van der Waals surface area contributed by atoms with Gasteiger partial charge in [-0.05, 0) is 24.6 Å². The molecule has 0 saturated carbocycles. The van der Waals surface area contributed by atoms with E-state index in [0.29, 0.717) is 5.56 Å². The molecule has 0 atom stereocenters. The van der Waals surface area contributed by atoms with Crippen LogP contribution in [0.15, 0.2) is 42.5 Å². The number of hydrogen-bond acceptors (Lipinski definition) is 2. The van der Waals surface area contributed by atoms with E-state index in [0.717, 1.165) is 27.7 Å². The second kappa shape index (κ2) is 4.01. The van der Waals surface area contributed by atoms with Crippen molar-refractivity contribution in [1.82, 2.24) is 10.2 Å². The van der Waals surface area contributed by atoms with E-state index < -0.39 is 0 Å². The molecule has 0 bridgehead atoms. The molecule has 0 aliphatic carbocycles. The summed E-state index contributed by atoms with van der Waals surface area (Å²) in [5.41, 5.74) is 4.55. The summed E-state index contributed by atoms with van der Waals surface area (Å²) in [6.45, 7) is 1.94. The van der Waals surface area contributed by atoms with E-state index in [1.54, 1.807) is 0 Å². The molecule has 0 amide bonds. The summed E-state index contributed by atoms with van der Waals surface area (Å²) in [4.78, 5) is 0. The molecule has 1 N–H and O–H groups in total. The third kappa shape index (κ3) is 1.56. The number of benzene rings is 2. The Morgan fingerprint density at radius 2 is 2.00 bits per heavy atom. The van der Waals surface area contributed by atoms with Crippen molar-refractivity contribution in [2.24, 2.45) is 0 Å². The van der Waals surface area contributed by atoms with Gasteiger partial charge in [-0.2, -0.15) is 10.4 Å². The summed E-state index contributed by atoms with van der Waals surface area (Å²) in [7, 11) is 0. The fourth-order valence-electron chi connectivity index (χ4n) is 2.07. The van der Waals surface area contributed by atoms with Crippen LogP contribution >= 0.6 is 0 Å². The van der Waals surface area contributed by atoms with Crippen LogP contribution in [-0.2, 0) is 0 Å². The number of nitrogens with zero attached hydrogens (tertiary/aromatic N) is 2. The number of aromatic nitrogens is 2. The van der Waals surface area contributed by atoms with Gasteiger partial charge in [0.15, 0.2) is 0 Å². The molecule has 0 unspecified atom stereocenters. The van der Waals surface area contributed by atoms with Crippen molar-refractivity contribution in [2.75, 3.05) is 0 Å². The van der Waals surface area contributed by atoms with Crippen molar-refractivity contribution in [2.45, 2.75) is 6.92 Å². The van der Waals surface area contributed by atoms with Gasteiger partial charge in [-0.15, -0.1) is 0 Å². The van der Waals surface area contributed by atoms with Gasteiger partial charge in [0, 0.05) is 10.9 Å². The van der Waals surface area contributed by atoms with Crippen molar-refractivity contribution in [3.05, 3.63) is 53.6 Å². The number of H-pyrrole nitrogens is 1. The first-order valence-corrected chi connectivity index (χ1v) is 5.74. The molecule has 0 fully saturated rings. The Morgan fingerprint density at radius 1 is 1.17 bits per heavy atom. The van der Waals surface area contributed by atoms with E-state index >= 15 is 0 Å². The zero-order valence-corrected chi connectivity index (χ0v) is 9.94. The Hall–Kier alpha value is -2.60. The maximum absolute atomic E-state index is 9.08. The summed E-state index contributed by atoms with van der Waals surface area (Å²) in [6.07, 6.45) is 0. The Bertz CT molecular complexity index is 763. The van der Waals surface area contributed by atoms with Crippen LogP contribution in [0.5, 0.6) is 0 Å². The SMILES string of the molecule is Cc1ccc(-c2n[nH]c3ccccc23)cc1C#N. The number of nitriles is 1. The lowest BCUT2D eigenvalue weighted by Crippen LogP contribution is -1.85. The quantitative estimate of drug-likeness (QED) is 0.700. The molecule has 1 heterocycles. The van der Waals surface area contributed by atoms with E-state index in [4.69, 9.17) is 5.26 Å². The van der Waals surface area contributed by atoms with Gasteiger partial charge >= 0.3 is 0 Å². The third-order valence-corrected chi connectivity index (χ3v) is 3.10. The smallest absolute Gasteiger partial charge is 0.0999 e. The van der Waals surface area contributed by atoms with Gasteiger partial charge in [0.25, 0.3) is 0 Å². The van der Waals surface area contributed by atoms with Gasteiger partial charge in [0.05, 0.1) is 22.8 Å². The second-order valence-electron chi connectivity index (χ2n) is 4.26. The zero-order valence-electron chi connectivity index (χ0n) is 9.94. The lowest BCUT2D eigenvalue weighted by atomic mass is 10.0. The predicted octanol–water partition coefficient (Wildman–Crippen LogP) is 3.41. The first-order chi connectivity index (χ1) is 8.79. The Labute approximate surface area is 105 Å². The van der Waals surface area contributed by atoms with Crippen LogP contribution in [0.3, 0.4) is 0 Å². The van der Waals surface area contributed by atoms with Crippen LogP contribution in [0.2, 0.25) is 0 Å². The number of aromatic amines is 1. The molecule has 3 nitrogen and oxygen atoms in total. The number of aryl methyl sites for hydroxylation is 1. The van der Waals surface area contributed by atoms with E-state index in [2.05, 4.69) is 16.3 Å². The minimum atomic E-state index is 0.694. The van der Waals surface area contributed by atoms with Gasteiger partial charge < -0.3 is 0 Å². The molecule has 0 aliphatic heterocycles. The Kier molecular flexibility index (Phi) is 2.35. The maximum Gasteiger partial charge on any atom is 0.0999 e. The summed E-state index contributed by atoms with van der Waals surface area (Å²) >= 11 is 0. The van der Waals surface area contributed by atoms with Crippen LogP contribution in [0.4, 0.5) is 0 Å². The van der Waals surface area contributed by atoms with Crippen LogP contribution in [0.25, 0.3) is 22.2 Å². The largest absolute Gasteiger partial charge is 0.277 e. The number of nitrogens with one attached hydrogen (secondary N) is 1. The molecular formula is C15H11N3. The highest BCUT2D eigenvalue weighted by Gasteiger charge is 2.08. The summed E-state index contributed by atoms with van der Waals surface area (Å²) in [5, 5.41) is 17.5. The molecule has 3 rings (SSSR count). The molecular weight excluding hydrogens is 222 g/mol. The third-order valence-electron chi connectivity index (χ3n) is 3.10. The van der Waals surface area contributed by atoms with E-state index in [1.807, 2.05) is 49.4 Å². The minimum Gasteiger partial charge on any atom is -0.277 e. The summed E-state index contributed by atoms with van der Waals surface area (Å²) in [5.74, 6) is 0. The lowest BCUT2D eigenvalue weighted by Gasteiger charge is -2.01. The van der Waals surface area contributed by atoms with Crippen molar-refractivity contribution >= 4 is 10.9 Å². The normalized spacial score (nSPS) is 10.4. The van der Waals surface area contributed by atoms with E-state index in [9.17, 15) is 0 Å². The molecule has 86 valence electrons. The monoisotopic (exact) mass is 233 g/mol. The van der Waals surface area contributed by atoms with Gasteiger partial charge in [-0.3, -0.25) is 5.10 Å². The molecule has 2 aromatic carbocycles. The highest BCUT2D eigenvalue weighted by Crippen LogP contribution is 2.27. The highest BCUT2D eigenvalue weighted by molar-refractivity contribution is 5.92. The van der Waals surface area contributed by atoms with Crippen molar-refractivity contribution in [1.29, 1.82) is 5.26 Å². The van der Waals surface area contributed by atoms with Crippen molar-refractivity contribution in [3.63, 3.8) is 0 Å². The van der Waals surface area contributed by atoms with Crippen LogP contribution in [0, 0.1) is 18.3 Å². The van der Waals surface area contributed by atoms with E-state index in [-0.39, 0.29) is 0 Å². The molecule has 0 radical (unpaired) electrons. The number of hydrogen-bond donors (Lipinski definition) is 1. The van der Waals surface area contributed by atoms with Gasteiger partial charge in [-0.25, -0.2) is 0 Å². The predicted molar refractivity (Wildman–Crippen MR) is 71.0 cm³/mol. The van der Waals surface area contributed by atoms with Gasteiger partial charge in [0.1, 0.15) is 0 Å². The van der Waals surface area contributed by atoms with Crippen molar-refractivity contribution < 1.29 is 0 Å². The van der Waals surface area contributed by atoms with E-state index in [1.165, 1.54) is 0 Å². The summed E-state index contributed by atoms with van der Waals surface area (Å²) in [6, 6.07) is 16.0. The lowest BCUT2D eigenvalue weighted by molar-refractivity contribution is 1.12. The molecule has 0 spiro atoms. The van der Waals surface area contributed by atoms with Gasteiger partial charge in [-0.1, -0.05) is 30.3 Å². The minimum absolute atomic E-state index is 0.694. The summed E-state index contributed by atoms with van der Waals surface area (Å²) < 4.78 is 0. The average molecular weight is 233 g/mol. The molecule has 3 heteroatoms. The molecule has 3 aromatic rings. The maximum atomic E-state index is 9.08. The molecule has 0 saturated heterocycles. The topological polar surface area (TPSA) is 52.5 Å². The highest BCUT2D eigenvalue weighted by atomic mass is 15.1. The van der Waals surface area contributed by atoms with Crippen LogP contribution in [-0.4, -0.2) is 10.2 Å². The fourth-order valence-corrected chi connectivity index (χ4v) is 2.07. The van der Waals surface area contributed by atoms with Crippen molar-refractivity contribution in [3.8, 4) is 17.3 Å². The molecule has 1 aromatic heterocycles.